The maximum Gasteiger partial charge on any atom is 0.220 e. The lowest BCUT2D eigenvalue weighted by molar-refractivity contribution is -0.121. The number of aryl methyl sites for hydroxylation is 1. The van der Waals surface area contributed by atoms with Crippen LogP contribution in [0.1, 0.15) is 25.7 Å². The molecule has 21 heavy (non-hydrogen) atoms. The van der Waals surface area contributed by atoms with Crippen LogP contribution in [0.3, 0.4) is 0 Å². The Bertz CT molecular complexity index is 390. The molecule has 2 rings (SSSR count). The van der Waals surface area contributed by atoms with Gasteiger partial charge in [-0.15, -0.1) is 0 Å². The molecule has 7 nitrogen and oxygen atoms in total. The number of hydrogen-bond acceptors (Lipinski definition) is 5. The fraction of sp³-hybridized carbons (Fsp3) is 0.786. The largest absolute Gasteiger partial charge is 0.379 e. The van der Waals surface area contributed by atoms with E-state index < -0.39 is 0 Å². The van der Waals surface area contributed by atoms with Crippen LogP contribution < -0.4 is 5.32 Å². The van der Waals surface area contributed by atoms with Crippen LogP contribution in [0, 0.1) is 0 Å². The zero-order valence-corrected chi connectivity index (χ0v) is 12.5. The third kappa shape index (κ3) is 6.68. The Balaban J connectivity index is 1.42. The number of nitrogens with one attached hydrogen (secondary N) is 1. The molecule has 2 heterocycles. The highest BCUT2D eigenvalue weighted by Crippen LogP contribution is 2.00. The zero-order valence-electron chi connectivity index (χ0n) is 12.5. The third-order valence-electron chi connectivity index (χ3n) is 3.58. The zero-order chi connectivity index (χ0) is 14.8. The number of rotatable bonds is 9. The summed E-state index contributed by atoms with van der Waals surface area (Å²) in [4.78, 5) is 17.9. The molecule has 1 aliphatic rings. The lowest BCUT2D eigenvalue weighted by Crippen LogP contribution is -2.37. The summed E-state index contributed by atoms with van der Waals surface area (Å²) in [7, 11) is 0. The van der Waals surface area contributed by atoms with Gasteiger partial charge >= 0.3 is 0 Å². The third-order valence-corrected chi connectivity index (χ3v) is 3.58. The van der Waals surface area contributed by atoms with Crippen molar-refractivity contribution in [3.8, 4) is 0 Å². The second-order valence-electron chi connectivity index (χ2n) is 5.27. The van der Waals surface area contributed by atoms with E-state index in [1.165, 1.54) is 6.33 Å². The van der Waals surface area contributed by atoms with E-state index in [0.29, 0.717) is 6.42 Å². The Hall–Kier alpha value is -1.47. The van der Waals surface area contributed by atoms with Gasteiger partial charge in [-0.2, -0.15) is 5.10 Å². The molecule has 0 atom stereocenters. The number of hydrogen-bond donors (Lipinski definition) is 1. The van der Waals surface area contributed by atoms with E-state index in [4.69, 9.17) is 4.74 Å². The second-order valence-corrected chi connectivity index (χ2v) is 5.27. The molecule has 0 aromatic carbocycles. The van der Waals surface area contributed by atoms with Crippen molar-refractivity contribution >= 4 is 5.91 Å². The van der Waals surface area contributed by atoms with Crippen molar-refractivity contribution in [2.45, 2.75) is 32.2 Å². The number of amides is 1. The highest BCUT2D eigenvalue weighted by Gasteiger charge is 2.09. The van der Waals surface area contributed by atoms with Gasteiger partial charge in [0.15, 0.2) is 0 Å². The smallest absolute Gasteiger partial charge is 0.220 e. The lowest BCUT2D eigenvalue weighted by Gasteiger charge is -2.26. The van der Waals surface area contributed by atoms with Gasteiger partial charge in [0, 0.05) is 32.6 Å². The molecule has 7 heteroatoms. The van der Waals surface area contributed by atoms with Gasteiger partial charge in [0.1, 0.15) is 12.7 Å². The number of carbonyl (C=O) groups excluding carboxylic acids is 1. The average molecular weight is 295 g/mol. The van der Waals surface area contributed by atoms with Crippen molar-refractivity contribution in [1.82, 2.24) is 25.0 Å². The van der Waals surface area contributed by atoms with Gasteiger partial charge in [0.2, 0.25) is 5.91 Å². The summed E-state index contributed by atoms with van der Waals surface area (Å²) in [6.07, 6.45) is 6.68. The predicted octanol–water partition coefficient (Wildman–Crippen LogP) is 0.287. The van der Waals surface area contributed by atoms with Gasteiger partial charge < -0.3 is 10.1 Å². The Morgan fingerprint density at radius 2 is 2.05 bits per heavy atom. The highest BCUT2D eigenvalue weighted by atomic mass is 16.5. The van der Waals surface area contributed by atoms with Crippen LogP contribution in [-0.2, 0) is 16.1 Å². The van der Waals surface area contributed by atoms with E-state index in [-0.39, 0.29) is 5.91 Å². The maximum absolute atomic E-state index is 11.7. The van der Waals surface area contributed by atoms with Crippen LogP contribution in [0.2, 0.25) is 0 Å². The first-order chi connectivity index (χ1) is 10.3. The Labute approximate surface area is 125 Å². The van der Waals surface area contributed by atoms with E-state index >= 15 is 0 Å². The van der Waals surface area contributed by atoms with Gasteiger partial charge in [-0.3, -0.25) is 14.4 Å². The highest BCUT2D eigenvalue weighted by molar-refractivity contribution is 5.75. The Morgan fingerprint density at radius 1 is 1.19 bits per heavy atom. The molecule has 118 valence electrons. The molecule has 1 saturated heterocycles. The number of ether oxygens (including phenoxy) is 1. The summed E-state index contributed by atoms with van der Waals surface area (Å²) in [6.45, 7) is 6.39. The molecular weight excluding hydrogens is 270 g/mol. The Morgan fingerprint density at radius 3 is 2.81 bits per heavy atom. The molecule has 1 aromatic heterocycles. The van der Waals surface area contributed by atoms with Crippen molar-refractivity contribution in [3.63, 3.8) is 0 Å². The van der Waals surface area contributed by atoms with Gasteiger partial charge in [-0.05, 0) is 25.8 Å². The first kappa shape index (κ1) is 15.9. The maximum atomic E-state index is 11.7. The SMILES string of the molecule is O=C(CCCn1cncn1)NCCCCN1CCOCC1. The fourth-order valence-corrected chi connectivity index (χ4v) is 2.35. The second kappa shape index (κ2) is 9.46. The molecular formula is C14H25N5O2. The minimum Gasteiger partial charge on any atom is -0.379 e. The minimum atomic E-state index is 0.126. The first-order valence-electron chi connectivity index (χ1n) is 7.74. The first-order valence-corrected chi connectivity index (χ1v) is 7.74. The van der Waals surface area contributed by atoms with Crippen LogP contribution >= 0.6 is 0 Å². The van der Waals surface area contributed by atoms with Crippen LogP contribution in [0.25, 0.3) is 0 Å². The number of unbranched alkanes of at least 4 members (excludes halogenated alkanes) is 1. The van der Waals surface area contributed by atoms with E-state index in [2.05, 4.69) is 20.3 Å². The van der Waals surface area contributed by atoms with Crippen molar-refractivity contribution in [3.05, 3.63) is 12.7 Å². The topological polar surface area (TPSA) is 72.3 Å². The number of aromatic nitrogens is 3. The van der Waals surface area contributed by atoms with Crippen LogP contribution in [0.4, 0.5) is 0 Å². The fourth-order valence-electron chi connectivity index (χ4n) is 2.35. The molecule has 1 N–H and O–H groups in total. The predicted molar refractivity (Wildman–Crippen MR) is 78.8 cm³/mol. The summed E-state index contributed by atoms with van der Waals surface area (Å²) in [5, 5.41) is 6.98. The van der Waals surface area contributed by atoms with Crippen LogP contribution in [-0.4, -0.2) is 65.0 Å². The van der Waals surface area contributed by atoms with E-state index in [1.54, 1.807) is 11.0 Å². The lowest BCUT2D eigenvalue weighted by atomic mass is 10.2. The van der Waals surface area contributed by atoms with Crippen LogP contribution in [0.15, 0.2) is 12.7 Å². The molecule has 0 aliphatic carbocycles. The quantitative estimate of drug-likeness (QED) is 0.663. The number of carbonyl (C=O) groups is 1. The average Bonchev–Trinajstić information content (AvgIpc) is 3.01. The summed E-state index contributed by atoms with van der Waals surface area (Å²) in [5.74, 6) is 0.126. The number of morpholine rings is 1. The summed E-state index contributed by atoms with van der Waals surface area (Å²) in [6, 6.07) is 0. The van der Waals surface area contributed by atoms with E-state index in [9.17, 15) is 4.79 Å². The Kier molecular flexibility index (Phi) is 7.17. The van der Waals surface area contributed by atoms with E-state index in [1.807, 2.05) is 0 Å². The van der Waals surface area contributed by atoms with Gasteiger partial charge in [-0.1, -0.05) is 0 Å². The normalized spacial score (nSPS) is 16.0. The molecule has 0 spiro atoms. The van der Waals surface area contributed by atoms with Crippen molar-refractivity contribution in [2.75, 3.05) is 39.4 Å². The van der Waals surface area contributed by atoms with Crippen molar-refractivity contribution in [2.24, 2.45) is 0 Å². The molecule has 0 bridgehead atoms. The van der Waals surface area contributed by atoms with Gasteiger partial charge in [-0.25, -0.2) is 4.98 Å². The molecule has 1 aliphatic heterocycles. The van der Waals surface area contributed by atoms with Gasteiger partial charge in [0.05, 0.1) is 13.2 Å². The van der Waals surface area contributed by atoms with Crippen LogP contribution in [0.5, 0.6) is 0 Å². The number of nitrogens with zero attached hydrogens (tertiary/aromatic N) is 4. The monoisotopic (exact) mass is 295 g/mol. The summed E-state index contributed by atoms with van der Waals surface area (Å²) < 4.78 is 7.06. The molecule has 0 unspecified atom stereocenters. The van der Waals surface area contributed by atoms with Crippen molar-refractivity contribution < 1.29 is 9.53 Å². The molecule has 1 aromatic rings. The summed E-state index contributed by atoms with van der Waals surface area (Å²) in [5.41, 5.74) is 0. The molecule has 0 saturated carbocycles. The minimum absolute atomic E-state index is 0.126. The van der Waals surface area contributed by atoms with Crippen molar-refractivity contribution in [1.29, 1.82) is 0 Å². The summed E-state index contributed by atoms with van der Waals surface area (Å²) >= 11 is 0. The molecule has 0 radical (unpaired) electrons. The van der Waals surface area contributed by atoms with Gasteiger partial charge in [0.25, 0.3) is 0 Å². The molecule has 1 amide bonds. The molecule has 1 fully saturated rings. The standard InChI is InChI=1S/C14H25N5O2/c20-14(4-3-7-19-13-15-12-17-19)16-5-1-2-6-18-8-10-21-11-9-18/h12-13H,1-11H2,(H,16,20). The van der Waals surface area contributed by atoms with E-state index in [0.717, 1.165) is 65.2 Å².